The molecular weight excluding hydrogens is 287 g/mol. The van der Waals surface area contributed by atoms with E-state index in [2.05, 4.69) is 15.2 Å². The van der Waals surface area contributed by atoms with Crippen LogP contribution in [0.5, 0.6) is 0 Å². The van der Waals surface area contributed by atoms with E-state index in [4.69, 9.17) is 0 Å². The Balaban J connectivity index is 1.82. The molecule has 1 aromatic carbocycles. The maximum absolute atomic E-state index is 12.5. The van der Waals surface area contributed by atoms with Crippen LogP contribution in [-0.2, 0) is 12.6 Å². The zero-order valence-corrected chi connectivity index (χ0v) is 11.5. The summed E-state index contributed by atoms with van der Waals surface area (Å²) in [5.74, 6) is 0. The van der Waals surface area contributed by atoms with E-state index in [9.17, 15) is 13.2 Å². The van der Waals surface area contributed by atoms with Crippen molar-refractivity contribution in [3.05, 3.63) is 34.8 Å². The van der Waals surface area contributed by atoms with Crippen molar-refractivity contribution in [1.29, 1.82) is 0 Å². The number of benzene rings is 1. The van der Waals surface area contributed by atoms with Crippen molar-refractivity contribution in [2.75, 3.05) is 23.8 Å². The second-order valence-corrected chi connectivity index (χ2v) is 5.53. The number of halogens is 3. The van der Waals surface area contributed by atoms with E-state index in [0.717, 1.165) is 41.1 Å². The molecule has 0 amide bonds. The Labute approximate surface area is 118 Å². The van der Waals surface area contributed by atoms with Gasteiger partial charge >= 0.3 is 6.18 Å². The molecule has 0 unspecified atom stereocenters. The van der Waals surface area contributed by atoms with Crippen LogP contribution in [0.1, 0.15) is 11.3 Å². The van der Waals surface area contributed by atoms with E-state index >= 15 is 0 Å². The molecule has 2 aromatic rings. The monoisotopic (exact) mass is 299 g/mol. The van der Waals surface area contributed by atoms with Gasteiger partial charge in [0.1, 0.15) is 0 Å². The maximum Gasteiger partial charge on any atom is 0.434 e. The summed E-state index contributed by atoms with van der Waals surface area (Å²) in [7, 11) is 2.00. The molecule has 0 bridgehead atoms. The summed E-state index contributed by atoms with van der Waals surface area (Å²) in [6.45, 7) is 0.967. The molecule has 0 saturated heterocycles. The number of aromatic nitrogens is 1. The highest BCUT2D eigenvalue weighted by Crippen LogP contribution is 2.34. The summed E-state index contributed by atoms with van der Waals surface area (Å²) in [4.78, 5) is 5.69. The Morgan fingerprint density at radius 2 is 2.15 bits per heavy atom. The average Bonchev–Trinajstić information content (AvgIpc) is 2.97. The number of hydrogen-bond donors (Lipinski definition) is 1. The minimum atomic E-state index is -4.39. The van der Waals surface area contributed by atoms with Gasteiger partial charge in [0.25, 0.3) is 0 Å². The number of hydrogen-bond acceptors (Lipinski definition) is 4. The minimum Gasteiger partial charge on any atom is -0.374 e. The van der Waals surface area contributed by atoms with Crippen LogP contribution in [0.4, 0.5) is 29.7 Å². The van der Waals surface area contributed by atoms with Crippen LogP contribution in [0.15, 0.2) is 23.6 Å². The Morgan fingerprint density at radius 3 is 2.85 bits per heavy atom. The van der Waals surface area contributed by atoms with Gasteiger partial charge in [0, 0.05) is 30.3 Å². The third-order valence-electron chi connectivity index (χ3n) is 3.26. The lowest BCUT2D eigenvalue weighted by atomic mass is 10.1. The lowest BCUT2D eigenvalue weighted by molar-refractivity contribution is -0.140. The van der Waals surface area contributed by atoms with Gasteiger partial charge in [-0.1, -0.05) is 6.07 Å². The Hall–Kier alpha value is -1.76. The molecule has 0 spiro atoms. The Morgan fingerprint density at radius 1 is 1.35 bits per heavy atom. The largest absolute Gasteiger partial charge is 0.434 e. The van der Waals surface area contributed by atoms with Crippen molar-refractivity contribution in [3.63, 3.8) is 0 Å². The van der Waals surface area contributed by atoms with E-state index in [-0.39, 0.29) is 5.13 Å². The number of nitrogens with one attached hydrogen (secondary N) is 1. The van der Waals surface area contributed by atoms with Gasteiger partial charge in [0.2, 0.25) is 0 Å². The summed E-state index contributed by atoms with van der Waals surface area (Å²) in [5.41, 5.74) is 2.26. The van der Waals surface area contributed by atoms with Crippen LogP contribution >= 0.6 is 11.3 Å². The molecule has 3 nitrogen and oxygen atoms in total. The number of nitrogens with zero attached hydrogens (tertiary/aromatic N) is 2. The van der Waals surface area contributed by atoms with Gasteiger partial charge in [0.05, 0.1) is 0 Å². The van der Waals surface area contributed by atoms with Crippen LogP contribution < -0.4 is 10.2 Å². The second-order valence-electron chi connectivity index (χ2n) is 4.68. The molecule has 0 saturated carbocycles. The molecule has 1 aliphatic rings. The predicted molar refractivity (Wildman–Crippen MR) is 73.8 cm³/mol. The molecule has 20 heavy (non-hydrogen) atoms. The molecule has 106 valence electrons. The summed E-state index contributed by atoms with van der Waals surface area (Å²) in [5, 5.41) is 4.19. The first-order valence-electron chi connectivity index (χ1n) is 6.07. The number of thiazole rings is 1. The van der Waals surface area contributed by atoms with Gasteiger partial charge in [-0.25, -0.2) is 4.98 Å². The molecule has 0 aliphatic carbocycles. The maximum atomic E-state index is 12.5. The Kier molecular flexibility index (Phi) is 3.08. The quantitative estimate of drug-likeness (QED) is 0.911. The molecule has 0 fully saturated rings. The molecule has 3 rings (SSSR count). The topological polar surface area (TPSA) is 28.2 Å². The van der Waals surface area contributed by atoms with Gasteiger partial charge in [-0.3, -0.25) is 0 Å². The van der Waals surface area contributed by atoms with E-state index in [0.29, 0.717) is 0 Å². The third-order valence-corrected chi connectivity index (χ3v) is 4.02. The standard InChI is InChI=1S/C13H12F3N3S/c1-19-5-4-8-2-3-9(6-10(8)19)17-12-18-11(7-20-12)13(14,15)16/h2-3,6-7H,4-5H2,1H3,(H,17,18). The number of alkyl halides is 3. The summed E-state index contributed by atoms with van der Waals surface area (Å²) >= 11 is 0.950. The summed E-state index contributed by atoms with van der Waals surface area (Å²) in [6, 6.07) is 5.81. The van der Waals surface area contributed by atoms with Crippen molar-refractivity contribution >= 4 is 27.8 Å². The zero-order chi connectivity index (χ0) is 14.3. The molecule has 0 radical (unpaired) electrons. The molecule has 0 atom stereocenters. The fraction of sp³-hybridized carbons (Fsp3) is 0.308. The fourth-order valence-corrected chi connectivity index (χ4v) is 2.94. The highest BCUT2D eigenvalue weighted by Gasteiger charge is 2.33. The predicted octanol–water partition coefficient (Wildman–Crippen LogP) is 3.90. The van der Waals surface area contributed by atoms with Crippen molar-refractivity contribution in [2.45, 2.75) is 12.6 Å². The van der Waals surface area contributed by atoms with E-state index in [1.807, 2.05) is 25.2 Å². The second kappa shape index (κ2) is 4.66. The minimum absolute atomic E-state index is 0.248. The first kappa shape index (κ1) is 13.2. The van der Waals surface area contributed by atoms with Crippen LogP contribution in [-0.4, -0.2) is 18.6 Å². The van der Waals surface area contributed by atoms with Gasteiger partial charge in [0.15, 0.2) is 10.8 Å². The van der Waals surface area contributed by atoms with Gasteiger partial charge in [-0.05, 0) is 24.1 Å². The van der Waals surface area contributed by atoms with E-state index in [1.54, 1.807) is 0 Å². The number of anilines is 3. The molecular formula is C13H12F3N3S. The highest BCUT2D eigenvalue weighted by molar-refractivity contribution is 7.13. The van der Waals surface area contributed by atoms with Crippen molar-refractivity contribution < 1.29 is 13.2 Å². The summed E-state index contributed by atoms with van der Waals surface area (Å²) < 4.78 is 37.4. The van der Waals surface area contributed by atoms with Crippen molar-refractivity contribution in [1.82, 2.24) is 4.98 Å². The smallest absolute Gasteiger partial charge is 0.374 e. The Bertz CT molecular complexity index is 636. The van der Waals surface area contributed by atoms with Gasteiger partial charge in [-0.2, -0.15) is 13.2 Å². The fourth-order valence-electron chi connectivity index (χ4n) is 2.20. The molecule has 7 heteroatoms. The SMILES string of the molecule is CN1CCc2ccc(Nc3nc(C(F)(F)F)cs3)cc21. The first-order valence-corrected chi connectivity index (χ1v) is 6.95. The first-order chi connectivity index (χ1) is 9.43. The average molecular weight is 299 g/mol. The van der Waals surface area contributed by atoms with Crippen LogP contribution in [0.2, 0.25) is 0 Å². The zero-order valence-electron chi connectivity index (χ0n) is 10.7. The molecule has 1 aliphatic heterocycles. The number of rotatable bonds is 2. The van der Waals surface area contributed by atoms with Crippen LogP contribution in [0, 0.1) is 0 Å². The van der Waals surface area contributed by atoms with E-state index < -0.39 is 11.9 Å². The molecule has 1 aromatic heterocycles. The van der Waals surface area contributed by atoms with Gasteiger partial charge < -0.3 is 10.2 Å². The van der Waals surface area contributed by atoms with Crippen LogP contribution in [0.25, 0.3) is 0 Å². The lowest BCUT2D eigenvalue weighted by Crippen LogP contribution is -2.12. The van der Waals surface area contributed by atoms with E-state index in [1.165, 1.54) is 5.56 Å². The van der Waals surface area contributed by atoms with Crippen LogP contribution in [0.3, 0.4) is 0 Å². The number of fused-ring (bicyclic) bond motifs is 1. The number of likely N-dealkylation sites (N-methyl/N-ethyl adjacent to an activating group) is 1. The van der Waals surface area contributed by atoms with Gasteiger partial charge in [-0.15, -0.1) is 11.3 Å². The third kappa shape index (κ3) is 2.45. The summed E-state index contributed by atoms with van der Waals surface area (Å²) in [6.07, 6.45) is -3.39. The van der Waals surface area contributed by atoms with Crippen molar-refractivity contribution in [3.8, 4) is 0 Å². The molecule has 2 heterocycles. The molecule has 1 N–H and O–H groups in total. The normalized spacial score (nSPS) is 14.5. The highest BCUT2D eigenvalue weighted by atomic mass is 32.1. The van der Waals surface area contributed by atoms with Crippen molar-refractivity contribution in [2.24, 2.45) is 0 Å². The lowest BCUT2D eigenvalue weighted by Gasteiger charge is -2.13.